The molecule has 0 radical (unpaired) electrons. The number of carbonyl (C=O) groups excluding carboxylic acids is 1. The van der Waals surface area contributed by atoms with Crippen molar-refractivity contribution in [3.63, 3.8) is 0 Å². The summed E-state index contributed by atoms with van der Waals surface area (Å²) in [6, 6.07) is 3.59. The third kappa shape index (κ3) is 4.81. The van der Waals surface area contributed by atoms with Gasteiger partial charge in [0.05, 0.1) is 17.2 Å². The van der Waals surface area contributed by atoms with E-state index in [-0.39, 0.29) is 5.92 Å². The normalized spacial score (nSPS) is 17.1. The number of amides is 1. The van der Waals surface area contributed by atoms with Crippen LogP contribution in [0.4, 0.5) is 9.93 Å². The van der Waals surface area contributed by atoms with Crippen LogP contribution < -0.4 is 5.32 Å². The summed E-state index contributed by atoms with van der Waals surface area (Å²) in [7, 11) is 0. The molecule has 0 aliphatic carbocycles. The Morgan fingerprint density at radius 3 is 2.77 bits per heavy atom. The first kappa shape index (κ1) is 19.3. The molecule has 3 rings (SSSR count). The summed E-state index contributed by atoms with van der Waals surface area (Å²) in [5, 5.41) is 14.0. The number of ether oxygens (including phenoxy) is 1. The van der Waals surface area contributed by atoms with Gasteiger partial charge in [-0.15, -0.1) is 0 Å². The number of hydrogen-bond donors (Lipinski definition) is 2. The molecular weight excluding hydrogens is 372 g/mol. The largest absolute Gasteiger partial charge is 0.463 e. The Bertz CT molecular complexity index is 731. The predicted octanol–water partition coefficient (Wildman–Crippen LogP) is 4.93. The Morgan fingerprint density at radius 1 is 1.42 bits per heavy atom. The predicted molar refractivity (Wildman–Crippen MR) is 105 cm³/mol. The molecule has 8 heteroatoms. The summed E-state index contributed by atoms with van der Waals surface area (Å²) < 4.78 is 10.8. The summed E-state index contributed by atoms with van der Waals surface area (Å²) in [4.78, 5) is 17.3. The van der Waals surface area contributed by atoms with Gasteiger partial charge in [-0.05, 0) is 63.2 Å². The molecule has 2 aromatic rings. The fourth-order valence-corrected chi connectivity index (χ4v) is 4.99. The standard InChI is InChI=1S/C18H24N2O4S2/c1-18(2,3)24-17(22)20-16-19-13(12-5-4-8-23-12)15(26-16)14(21)11-6-9-25-10-7-11/h4-5,8,11,14,21H,6-7,9-10H2,1-3H3,(H,19,20,22). The van der Waals surface area contributed by atoms with E-state index in [1.165, 1.54) is 11.3 Å². The van der Waals surface area contributed by atoms with Crippen LogP contribution in [-0.2, 0) is 4.74 Å². The lowest BCUT2D eigenvalue weighted by Gasteiger charge is -2.25. The maximum absolute atomic E-state index is 12.1. The molecule has 1 unspecified atom stereocenters. The molecule has 2 N–H and O–H groups in total. The Kier molecular flexibility index (Phi) is 5.94. The molecule has 1 aliphatic heterocycles. The van der Waals surface area contributed by atoms with E-state index in [0.717, 1.165) is 29.2 Å². The maximum Gasteiger partial charge on any atom is 0.413 e. The zero-order valence-corrected chi connectivity index (χ0v) is 16.8. The third-order valence-electron chi connectivity index (χ3n) is 4.00. The number of aromatic nitrogens is 1. The minimum atomic E-state index is -0.623. The van der Waals surface area contributed by atoms with Gasteiger partial charge in [0.25, 0.3) is 0 Å². The minimum Gasteiger partial charge on any atom is -0.463 e. The Labute approximate surface area is 161 Å². The van der Waals surface area contributed by atoms with Gasteiger partial charge >= 0.3 is 6.09 Å². The molecule has 2 aromatic heterocycles. The van der Waals surface area contributed by atoms with Crippen molar-refractivity contribution in [3.05, 3.63) is 23.3 Å². The fourth-order valence-electron chi connectivity index (χ4n) is 2.81. The van der Waals surface area contributed by atoms with Crippen LogP contribution in [0.25, 0.3) is 11.5 Å². The van der Waals surface area contributed by atoms with Crippen LogP contribution in [0.5, 0.6) is 0 Å². The Hall–Kier alpha value is -1.51. The second-order valence-corrected chi connectivity index (χ2v) is 9.49. The molecule has 0 aromatic carbocycles. The zero-order valence-electron chi connectivity index (χ0n) is 15.2. The number of aliphatic hydroxyl groups excluding tert-OH is 1. The quantitative estimate of drug-likeness (QED) is 0.762. The number of nitrogens with one attached hydrogen (secondary N) is 1. The molecule has 1 fully saturated rings. The Morgan fingerprint density at radius 2 is 2.15 bits per heavy atom. The topological polar surface area (TPSA) is 84.6 Å². The van der Waals surface area contributed by atoms with Crippen LogP contribution in [0, 0.1) is 5.92 Å². The van der Waals surface area contributed by atoms with Gasteiger partial charge in [-0.25, -0.2) is 9.78 Å². The van der Waals surface area contributed by atoms with Crippen LogP contribution in [0.2, 0.25) is 0 Å². The second kappa shape index (κ2) is 8.02. The summed E-state index contributed by atoms with van der Waals surface area (Å²) in [5.41, 5.74) is -0.00963. The lowest BCUT2D eigenvalue weighted by Crippen LogP contribution is -2.27. The highest BCUT2D eigenvalue weighted by atomic mass is 32.2. The maximum atomic E-state index is 12.1. The van der Waals surface area contributed by atoms with E-state index in [0.29, 0.717) is 16.6 Å². The van der Waals surface area contributed by atoms with Crippen LogP contribution >= 0.6 is 23.1 Å². The number of carbonyl (C=O) groups is 1. The van der Waals surface area contributed by atoms with E-state index >= 15 is 0 Å². The first-order valence-corrected chi connectivity index (χ1v) is 10.6. The average Bonchev–Trinajstić information content (AvgIpc) is 3.22. The van der Waals surface area contributed by atoms with E-state index in [9.17, 15) is 9.90 Å². The van der Waals surface area contributed by atoms with Gasteiger partial charge in [-0.3, -0.25) is 5.32 Å². The van der Waals surface area contributed by atoms with Gasteiger partial charge in [0, 0.05) is 0 Å². The van der Waals surface area contributed by atoms with Crippen molar-refractivity contribution in [2.75, 3.05) is 16.8 Å². The molecule has 0 spiro atoms. The van der Waals surface area contributed by atoms with Gasteiger partial charge in [0.2, 0.25) is 0 Å². The monoisotopic (exact) mass is 396 g/mol. The molecule has 1 atom stereocenters. The molecule has 1 aliphatic rings. The van der Waals surface area contributed by atoms with Crippen LogP contribution in [0.1, 0.15) is 44.6 Å². The van der Waals surface area contributed by atoms with Gasteiger partial charge in [0.1, 0.15) is 11.3 Å². The number of aliphatic hydroxyl groups is 1. The van der Waals surface area contributed by atoms with Crippen molar-refractivity contribution in [1.82, 2.24) is 4.98 Å². The van der Waals surface area contributed by atoms with Crippen molar-refractivity contribution < 1.29 is 19.1 Å². The third-order valence-corrected chi connectivity index (χ3v) is 6.09. The number of thioether (sulfide) groups is 1. The Balaban J connectivity index is 1.85. The van der Waals surface area contributed by atoms with Gasteiger partial charge < -0.3 is 14.3 Å². The van der Waals surface area contributed by atoms with Gasteiger partial charge in [-0.1, -0.05) is 11.3 Å². The molecule has 1 saturated heterocycles. The van der Waals surface area contributed by atoms with E-state index in [1.807, 2.05) is 11.8 Å². The fraction of sp³-hybridized carbons (Fsp3) is 0.556. The smallest absolute Gasteiger partial charge is 0.413 e. The molecule has 142 valence electrons. The summed E-state index contributed by atoms with van der Waals surface area (Å²) >= 11 is 3.19. The SMILES string of the molecule is CC(C)(C)OC(=O)Nc1nc(-c2ccco2)c(C(O)C2CCSCC2)s1. The zero-order chi connectivity index (χ0) is 18.7. The molecule has 26 heavy (non-hydrogen) atoms. The van der Waals surface area contributed by atoms with E-state index in [1.54, 1.807) is 39.2 Å². The van der Waals surface area contributed by atoms with E-state index < -0.39 is 17.8 Å². The molecule has 0 bridgehead atoms. The summed E-state index contributed by atoms with van der Waals surface area (Å²) in [6.07, 6.45) is 2.32. The van der Waals surface area contributed by atoms with Crippen molar-refractivity contribution in [2.45, 2.75) is 45.3 Å². The van der Waals surface area contributed by atoms with E-state index in [2.05, 4.69) is 10.3 Å². The van der Waals surface area contributed by atoms with E-state index in [4.69, 9.17) is 9.15 Å². The van der Waals surface area contributed by atoms with Crippen LogP contribution in [-0.4, -0.2) is 33.3 Å². The van der Waals surface area contributed by atoms with Crippen molar-refractivity contribution in [2.24, 2.45) is 5.92 Å². The van der Waals surface area contributed by atoms with Crippen molar-refractivity contribution in [3.8, 4) is 11.5 Å². The molecule has 0 saturated carbocycles. The highest BCUT2D eigenvalue weighted by Gasteiger charge is 2.30. The van der Waals surface area contributed by atoms with Gasteiger partial charge in [-0.2, -0.15) is 11.8 Å². The number of hydrogen-bond acceptors (Lipinski definition) is 7. The minimum absolute atomic E-state index is 0.194. The first-order valence-electron chi connectivity index (χ1n) is 8.64. The number of nitrogens with zero attached hydrogens (tertiary/aromatic N) is 1. The molecule has 6 nitrogen and oxygen atoms in total. The van der Waals surface area contributed by atoms with Crippen LogP contribution in [0.15, 0.2) is 22.8 Å². The second-order valence-electron chi connectivity index (χ2n) is 7.23. The number of anilines is 1. The van der Waals surface area contributed by atoms with Crippen molar-refractivity contribution in [1.29, 1.82) is 0 Å². The lowest BCUT2D eigenvalue weighted by molar-refractivity contribution is 0.0636. The lowest BCUT2D eigenvalue weighted by atomic mass is 9.94. The molecular formula is C18H24N2O4S2. The first-order chi connectivity index (χ1) is 12.3. The number of thiazole rings is 1. The molecule has 1 amide bonds. The summed E-state index contributed by atoms with van der Waals surface area (Å²) in [6.45, 7) is 5.41. The highest BCUT2D eigenvalue weighted by molar-refractivity contribution is 7.99. The van der Waals surface area contributed by atoms with Crippen LogP contribution in [0.3, 0.4) is 0 Å². The highest BCUT2D eigenvalue weighted by Crippen LogP contribution is 2.42. The van der Waals surface area contributed by atoms with Gasteiger partial charge in [0.15, 0.2) is 10.9 Å². The van der Waals surface area contributed by atoms with Crippen molar-refractivity contribution >= 4 is 34.3 Å². The number of rotatable bonds is 4. The summed E-state index contributed by atoms with van der Waals surface area (Å²) in [5.74, 6) is 2.89. The molecule has 3 heterocycles. The average molecular weight is 397 g/mol. The number of furan rings is 1.